The van der Waals surface area contributed by atoms with Crippen molar-refractivity contribution in [2.24, 2.45) is 23.7 Å². The number of hydrogen-bond acceptors (Lipinski definition) is 6. The molecule has 7 nitrogen and oxygen atoms in total. The first-order valence-corrected chi connectivity index (χ1v) is 18.2. The van der Waals surface area contributed by atoms with Crippen LogP contribution < -0.4 is 15.5 Å². The minimum Gasteiger partial charge on any atom is -0.668 e. The Morgan fingerprint density at radius 2 is 1.78 bits per heavy atom. The first kappa shape index (κ1) is 35.3. The van der Waals surface area contributed by atoms with Crippen molar-refractivity contribution in [3.63, 3.8) is 0 Å². The van der Waals surface area contributed by atoms with Gasteiger partial charge in [-0.25, -0.2) is 4.98 Å². The molecule has 0 unspecified atom stereocenters. The van der Waals surface area contributed by atoms with Crippen LogP contribution in [0.25, 0.3) is 0 Å². The lowest BCUT2D eigenvalue weighted by Crippen LogP contribution is -2.37. The van der Waals surface area contributed by atoms with Gasteiger partial charge in [0.15, 0.2) is 11.5 Å². The number of aromatic hydroxyl groups is 1. The van der Waals surface area contributed by atoms with Crippen LogP contribution in [0, 0.1) is 35.5 Å². The van der Waals surface area contributed by atoms with E-state index in [1.807, 2.05) is 36.4 Å². The number of nitrogens with two attached hydrogens (primary N) is 1. The quantitative estimate of drug-likeness (QED) is 0.0983. The van der Waals surface area contributed by atoms with E-state index in [0.717, 1.165) is 48.9 Å². The van der Waals surface area contributed by atoms with Gasteiger partial charge in [-0.1, -0.05) is 92.3 Å². The zero-order valence-electron chi connectivity index (χ0n) is 28.9. The fourth-order valence-electron chi connectivity index (χ4n) is 7.75. The van der Waals surface area contributed by atoms with Crippen LogP contribution in [-0.4, -0.2) is 39.1 Å². The number of phenolic OH excluding ortho intramolecular Hbond substituents is 1. The molecule has 4 aromatic rings. The second kappa shape index (κ2) is 16.9. The van der Waals surface area contributed by atoms with E-state index >= 15 is 0 Å². The molecule has 0 saturated heterocycles. The van der Waals surface area contributed by atoms with Crippen molar-refractivity contribution in [2.75, 3.05) is 12.3 Å². The molecule has 50 heavy (non-hydrogen) atoms. The second-order valence-corrected chi connectivity index (χ2v) is 14.2. The number of aromatic nitrogens is 2. The zero-order chi connectivity index (χ0) is 34.9. The molecule has 2 aliphatic rings. The topological polar surface area (TPSA) is 123 Å². The van der Waals surface area contributed by atoms with Crippen molar-refractivity contribution in [2.45, 2.75) is 82.3 Å². The third-order valence-electron chi connectivity index (χ3n) is 10.6. The van der Waals surface area contributed by atoms with Gasteiger partial charge in [0.05, 0.1) is 18.8 Å². The summed E-state index contributed by atoms with van der Waals surface area (Å²) in [6.07, 6.45) is 12.8. The number of allylic oxidation sites excluding steroid dienone is 2. The summed E-state index contributed by atoms with van der Waals surface area (Å²) < 4.78 is 6.21. The van der Waals surface area contributed by atoms with E-state index in [1.165, 1.54) is 5.56 Å². The molecule has 0 spiro atoms. The van der Waals surface area contributed by atoms with E-state index in [0.29, 0.717) is 43.4 Å². The van der Waals surface area contributed by atoms with E-state index < -0.39 is 12.2 Å². The predicted octanol–water partition coefficient (Wildman–Crippen LogP) is 7.19. The van der Waals surface area contributed by atoms with Crippen molar-refractivity contribution >= 4 is 5.82 Å². The number of aliphatic hydroxyl groups excluding tert-OH is 2. The Labute approximate surface area is 296 Å². The normalized spacial score (nSPS) is 24.9. The van der Waals surface area contributed by atoms with Gasteiger partial charge in [0.1, 0.15) is 5.82 Å². The lowest BCUT2D eigenvalue weighted by molar-refractivity contribution is -0.00713. The number of ether oxygens (including phenoxy) is 1. The van der Waals surface area contributed by atoms with Gasteiger partial charge in [-0.2, -0.15) is 11.9 Å². The molecule has 0 aliphatic heterocycles. The van der Waals surface area contributed by atoms with Crippen LogP contribution in [0.1, 0.15) is 79.7 Å². The number of nitrogens with zero attached hydrogens (tertiary/aromatic N) is 2. The van der Waals surface area contributed by atoms with Crippen molar-refractivity contribution in [3.05, 3.63) is 120 Å². The van der Waals surface area contributed by atoms with Crippen LogP contribution in [0.3, 0.4) is 0 Å². The largest absolute Gasteiger partial charge is 0.668 e. The highest BCUT2D eigenvalue weighted by molar-refractivity contribution is 5.44. The lowest BCUT2D eigenvalue weighted by atomic mass is 9.78. The van der Waals surface area contributed by atoms with Gasteiger partial charge in [0.2, 0.25) is 0 Å². The highest BCUT2D eigenvalue weighted by Gasteiger charge is 2.36. The maximum absolute atomic E-state index is 11.6. The number of pyridine rings is 1. The molecule has 0 amide bonds. The first-order valence-electron chi connectivity index (χ1n) is 18.2. The number of rotatable bonds is 11. The molecule has 0 fully saturated rings. The van der Waals surface area contributed by atoms with E-state index in [1.54, 1.807) is 18.5 Å². The molecule has 6 rings (SSSR count). The second-order valence-electron chi connectivity index (χ2n) is 14.2. The van der Waals surface area contributed by atoms with Gasteiger partial charge in [-0.3, -0.25) is 0 Å². The number of fused-ring (bicyclic) bond motifs is 1. The minimum atomic E-state index is -0.736. The highest BCUT2D eigenvalue weighted by Crippen LogP contribution is 2.39. The lowest BCUT2D eigenvalue weighted by Gasteiger charge is -2.31. The van der Waals surface area contributed by atoms with Gasteiger partial charge >= 0.3 is 0 Å². The number of nitrogen functional groups attached to an aromatic ring is 1. The average Bonchev–Trinajstić information content (AvgIpc) is 3.57. The summed E-state index contributed by atoms with van der Waals surface area (Å²) in [5.74, 6) is 8.13. The number of hydrogen-bond donors (Lipinski definition) is 4. The predicted molar refractivity (Wildman–Crippen MR) is 198 cm³/mol. The van der Waals surface area contributed by atoms with Gasteiger partial charge in [0.25, 0.3) is 0 Å². The Kier molecular flexibility index (Phi) is 12.0. The van der Waals surface area contributed by atoms with Gasteiger partial charge in [-0.05, 0) is 91.3 Å². The third kappa shape index (κ3) is 9.18. The monoisotopic (exact) mass is 672 g/mol. The Bertz CT molecular complexity index is 1740. The molecule has 5 N–H and O–H groups in total. The Morgan fingerprint density at radius 1 is 0.940 bits per heavy atom. The summed E-state index contributed by atoms with van der Waals surface area (Å²) >= 11 is 0. The van der Waals surface area contributed by atoms with Crippen LogP contribution in [0.15, 0.2) is 97.3 Å². The zero-order valence-corrected chi connectivity index (χ0v) is 28.9. The number of benzene rings is 2. The summed E-state index contributed by atoms with van der Waals surface area (Å²) in [7, 11) is 0. The summed E-state index contributed by atoms with van der Waals surface area (Å²) in [6.45, 7) is 2.67. The number of aliphatic hydroxyl groups is 2. The van der Waals surface area contributed by atoms with Crippen LogP contribution in [0.2, 0.25) is 0 Å². The van der Waals surface area contributed by atoms with E-state index in [9.17, 15) is 15.3 Å². The molecular formula is C43H50N3O4-. The fourth-order valence-corrected chi connectivity index (χ4v) is 7.75. The molecule has 2 heterocycles. The molecule has 2 aromatic carbocycles. The molecule has 0 bridgehead atoms. The van der Waals surface area contributed by atoms with Crippen LogP contribution in [0.5, 0.6) is 11.5 Å². The Hall–Kier alpha value is -4.51. The Morgan fingerprint density at radius 3 is 2.58 bits per heavy atom. The van der Waals surface area contributed by atoms with Gasteiger partial charge in [-0.15, -0.1) is 0 Å². The highest BCUT2D eigenvalue weighted by atomic mass is 16.5. The Balaban J connectivity index is 1.17. The first-order chi connectivity index (χ1) is 24.3. The molecule has 262 valence electrons. The molecular weight excluding hydrogens is 622 g/mol. The third-order valence-corrected chi connectivity index (χ3v) is 10.6. The molecule has 2 aromatic heterocycles. The van der Waals surface area contributed by atoms with E-state index in [-0.39, 0.29) is 35.3 Å². The van der Waals surface area contributed by atoms with E-state index in [2.05, 4.69) is 71.2 Å². The summed E-state index contributed by atoms with van der Waals surface area (Å²) in [5, 5.41) is 33.7. The summed E-state index contributed by atoms with van der Waals surface area (Å²) in [4.78, 5) is 8.61. The van der Waals surface area contributed by atoms with Crippen LogP contribution in [0.4, 0.5) is 5.82 Å². The van der Waals surface area contributed by atoms with Gasteiger partial charge < -0.3 is 30.8 Å². The molecule has 2 aliphatic carbocycles. The van der Waals surface area contributed by atoms with Crippen molar-refractivity contribution in [1.82, 2.24) is 9.97 Å². The van der Waals surface area contributed by atoms with Crippen LogP contribution in [-0.2, 0) is 12.8 Å². The smallest absolute Gasteiger partial charge is 0.161 e. The SMILES string of the molecule is C[C@H](Cc1ccccc1)[C@@H]1C#C[C@@H]2C=C[C@@H](c3ccc(O)c(OCC[C@H](Cc4ccc[n-]4)c4ccnc(N)c4)c3)C[C@@H](O)[C@H]2[C@@H](O)CCCC1. The average molecular weight is 673 g/mol. The number of anilines is 1. The molecule has 0 saturated carbocycles. The maximum Gasteiger partial charge on any atom is 0.161 e. The minimum absolute atomic E-state index is 0.0698. The fraction of sp³-hybridized carbons (Fsp3) is 0.419. The summed E-state index contributed by atoms with van der Waals surface area (Å²) in [5.41, 5.74) is 10.3. The van der Waals surface area contributed by atoms with Crippen LogP contribution >= 0.6 is 0 Å². The number of phenols is 1. The standard InChI is InChI=1S/C43H50N3O4/c1-29(24-30-8-3-2-4-9-30)31-10-5-6-12-39(48)43-32(14-13-31)15-16-33(26-40(43)49)34-17-18-38(47)41(27-34)50-23-20-36(25-37-11-7-21-45-37)35-19-22-46-42(44)28-35/h2-4,7-9,11,15-19,21-22,27-29,31-33,36,39-40,43,47-49H,5-6,10,12,20,23-26H2,1H3,(H2,44,46)/q-1/t29-,31+,32-,33-,36-,39+,40-,43-/m1/s1. The van der Waals surface area contributed by atoms with Crippen molar-refractivity contribution in [1.29, 1.82) is 0 Å². The maximum atomic E-state index is 11.6. The molecule has 8 atom stereocenters. The molecule has 7 heteroatoms. The van der Waals surface area contributed by atoms with E-state index in [4.69, 9.17) is 10.5 Å². The molecule has 0 radical (unpaired) electrons. The van der Waals surface area contributed by atoms with Crippen molar-refractivity contribution < 1.29 is 20.1 Å². The van der Waals surface area contributed by atoms with Crippen molar-refractivity contribution in [3.8, 4) is 23.3 Å². The summed E-state index contributed by atoms with van der Waals surface area (Å²) in [6, 6.07) is 23.8. The van der Waals surface area contributed by atoms with Gasteiger partial charge in [0, 0.05) is 29.9 Å².